The van der Waals surface area contributed by atoms with Crippen molar-refractivity contribution in [2.24, 2.45) is 0 Å². The van der Waals surface area contributed by atoms with Gasteiger partial charge in [-0.2, -0.15) is 0 Å². The van der Waals surface area contributed by atoms with Crippen LogP contribution >= 0.6 is 0 Å². The zero-order valence-corrected chi connectivity index (χ0v) is 16.9. The predicted molar refractivity (Wildman–Crippen MR) is 120 cm³/mol. The van der Waals surface area contributed by atoms with Gasteiger partial charge in [-0.25, -0.2) is 4.98 Å². The second-order valence-electron chi connectivity index (χ2n) is 7.55. The third-order valence-corrected chi connectivity index (χ3v) is 5.39. The molecule has 1 aromatic heterocycles. The smallest absolute Gasteiger partial charge is 0.130 e. The summed E-state index contributed by atoms with van der Waals surface area (Å²) in [5, 5.41) is 13.8. The van der Waals surface area contributed by atoms with E-state index in [9.17, 15) is 5.11 Å². The van der Waals surface area contributed by atoms with Crippen molar-refractivity contribution < 1.29 is 9.84 Å². The van der Waals surface area contributed by atoms with Crippen LogP contribution in [-0.4, -0.2) is 10.1 Å². The second kappa shape index (κ2) is 8.95. The van der Waals surface area contributed by atoms with E-state index in [4.69, 9.17) is 4.74 Å². The van der Waals surface area contributed by atoms with Crippen LogP contribution in [0.5, 0.6) is 11.5 Å². The molecule has 0 bridgehead atoms. The van der Waals surface area contributed by atoms with Crippen LogP contribution in [0.25, 0.3) is 21.7 Å². The first-order chi connectivity index (χ1) is 14.2. The van der Waals surface area contributed by atoms with Crippen LogP contribution in [0.3, 0.4) is 0 Å². The number of hydrogen-bond donors (Lipinski definition) is 1. The Labute approximate surface area is 172 Å². The normalized spacial score (nSPS) is 11.2. The number of nitrogens with zero attached hydrogens (tertiary/aromatic N) is 1. The number of ether oxygens (including phenoxy) is 1. The van der Waals surface area contributed by atoms with Crippen molar-refractivity contribution in [3.8, 4) is 11.5 Å². The number of unbranched alkanes of at least 4 members (excludes halogenated alkanes) is 3. The van der Waals surface area contributed by atoms with Gasteiger partial charge in [0.05, 0.1) is 11.2 Å². The molecule has 0 saturated heterocycles. The van der Waals surface area contributed by atoms with Crippen LogP contribution in [0.15, 0.2) is 66.7 Å². The summed E-state index contributed by atoms with van der Waals surface area (Å²) >= 11 is 0. The van der Waals surface area contributed by atoms with Gasteiger partial charge in [-0.15, -0.1) is 0 Å². The molecule has 0 aliphatic carbocycles. The Morgan fingerprint density at radius 2 is 1.69 bits per heavy atom. The van der Waals surface area contributed by atoms with Crippen LogP contribution in [-0.2, 0) is 13.0 Å². The summed E-state index contributed by atoms with van der Waals surface area (Å²) in [4.78, 5) is 4.66. The van der Waals surface area contributed by atoms with Gasteiger partial charge in [0.25, 0.3) is 0 Å². The van der Waals surface area contributed by atoms with Gasteiger partial charge in [-0.05, 0) is 48.1 Å². The number of rotatable bonds is 8. The lowest BCUT2D eigenvalue weighted by Crippen LogP contribution is -1.98. The number of phenolic OH excluding ortho intramolecular Hbond substituents is 1. The maximum absolute atomic E-state index is 10.8. The van der Waals surface area contributed by atoms with Gasteiger partial charge in [0, 0.05) is 10.8 Å². The number of phenols is 1. The molecule has 4 aromatic rings. The van der Waals surface area contributed by atoms with Crippen molar-refractivity contribution in [2.75, 3.05) is 0 Å². The third-order valence-electron chi connectivity index (χ3n) is 5.39. The molecule has 4 rings (SSSR count). The molecule has 0 radical (unpaired) electrons. The molecule has 3 nitrogen and oxygen atoms in total. The van der Waals surface area contributed by atoms with Crippen LogP contribution < -0.4 is 4.74 Å². The Morgan fingerprint density at radius 3 is 2.59 bits per heavy atom. The Bertz CT molecular complexity index is 1120. The summed E-state index contributed by atoms with van der Waals surface area (Å²) in [6.45, 7) is 2.61. The average Bonchev–Trinajstić information content (AvgIpc) is 2.76. The summed E-state index contributed by atoms with van der Waals surface area (Å²) in [5.74, 6) is 1.12. The molecule has 0 saturated carbocycles. The molecule has 1 N–H and O–H groups in total. The van der Waals surface area contributed by atoms with Gasteiger partial charge >= 0.3 is 0 Å². The number of pyridine rings is 1. The zero-order valence-electron chi connectivity index (χ0n) is 16.9. The molecule has 3 heteroatoms. The molecule has 0 unspecified atom stereocenters. The van der Waals surface area contributed by atoms with E-state index in [1.54, 1.807) is 0 Å². The molecule has 0 atom stereocenters. The van der Waals surface area contributed by atoms with E-state index >= 15 is 0 Å². The molecule has 0 aliphatic rings. The molecule has 0 spiro atoms. The van der Waals surface area contributed by atoms with Crippen molar-refractivity contribution >= 4 is 21.7 Å². The highest BCUT2D eigenvalue weighted by atomic mass is 16.5. The number of fused-ring (bicyclic) bond motifs is 2. The summed E-state index contributed by atoms with van der Waals surface area (Å²) < 4.78 is 5.98. The van der Waals surface area contributed by atoms with Crippen LogP contribution in [0.4, 0.5) is 0 Å². The van der Waals surface area contributed by atoms with Crippen molar-refractivity contribution in [1.29, 1.82) is 0 Å². The lowest BCUT2D eigenvalue weighted by Gasteiger charge is -2.11. The summed E-state index contributed by atoms with van der Waals surface area (Å²) in [6.07, 6.45) is 5.69. The van der Waals surface area contributed by atoms with E-state index in [1.807, 2.05) is 48.5 Å². The van der Waals surface area contributed by atoms with Crippen molar-refractivity contribution in [3.63, 3.8) is 0 Å². The Balaban J connectivity index is 1.50. The number of para-hydroxylation sites is 1. The SMILES string of the molecule is CCCCCCc1ccc2ccc(OCc3ccc4ccccc4n3)cc2c1O. The molecule has 1 heterocycles. The molecule has 3 aromatic carbocycles. The van der Waals surface area contributed by atoms with E-state index < -0.39 is 0 Å². The Hall–Kier alpha value is -3.07. The van der Waals surface area contributed by atoms with Crippen molar-refractivity contribution in [3.05, 3.63) is 78.0 Å². The fourth-order valence-corrected chi connectivity index (χ4v) is 3.71. The lowest BCUT2D eigenvalue weighted by molar-refractivity contribution is 0.302. The fraction of sp³-hybridized carbons (Fsp3) is 0.269. The molecular weight excluding hydrogens is 358 g/mol. The highest BCUT2D eigenvalue weighted by Crippen LogP contribution is 2.33. The van der Waals surface area contributed by atoms with E-state index in [0.29, 0.717) is 12.4 Å². The number of benzene rings is 3. The maximum atomic E-state index is 10.8. The minimum absolute atomic E-state index is 0.383. The van der Waals surface area contributed by atoms with Crippen LogP contribution in [0.1, 0.15) is 43.9 Å². The fourth-order valence-electron chi connectivity index (χ4n) is 3.71. The second-order valence-corrected chi connectivity index (χ2v) is 7.55. The quantitative estimate of drug-likeness (QED) is 0.339. The van der Waals surface area contributed by atoms with Gasteiger partial charge in [-0.3, -0.25) is 0 Å². The summed E-state index contributed by atoms with van der Waals surface area (Å²) in [5.41, 5.74) is 2.87. The molecule has 0 amide bonds. The largest absolute Gasteiger partial charge is 0.507 e. The van der Waals surface area contributed by atoms with E-state index in [2.05, 4.69) is 30.1 Å². The molecule has 0 aliphatic heterocycles. The van der Waals surface area contributed by atoms with Crippen LogP contribution in [0, 0.1) is 0 Å². The lowest BCUT2D eigenvalue weighted by atomic mass is 10.0. The van der Waals surface area contributed by atoms with Gasteiger partial charge in [-0.1, -0.05) is 68.7 Å². The molecule has 148 valence electrons. The first kappa shape index (κ1) is 19.3. The maximum Gasteiger partial charge on any atom is 0.130 e. The first-order valence-electron chi connectivity index (χ1n) is 10.5. The predicted octanol–water partition coefficient (Wildman–Crippen LogP) is 6.80. The van der Waals surface area contributed by atoms with Gasteiger partial charge < -0.3 is 9.84 Å². The highest BCUT2D eigenvalue weighted by molar-refractivity contribution is 5.90. The van der Waals surface area contributed by atoms with E-state index in [1.165, 1.54) is 19.3 Å². The molecule has 0 fully saturated rings. The number of aromatic nitrogens is 1. The molecular formula is C26H27NO2. The van der Waals surface area contributed by atoms with Gasteiger partial charge in [0.1, 0.15) is 18.1 Å². The summed E-state index contributed by atoms with van der Waals surface area (Å²) in [6, 6.07) is 22.1. The average molecular weight is 386 g/mol. The number of aryl methyl sites for hydroxylation is 1. The Morgan fingerprint density at radius 1 is 0.862 bits per heavy atom. The van der Waals surface area contributed by atoms with Gasteiger partial charge in [0.15, 0.2) is 0 Å². The monoisotopic (exact) mass is 385 g/mol. The number of aromatic hydroxyl groups is 1. The molecule has 29 heavy (non-hydrogen) atoms. The standard InChI is InChI=1S/C26H27NO2/c1-2-3-4-5-9-21-12-11-19-14-16-23(17-24(19)26(21)28)29-18-22-15-13-20-8-6-7-10-25(20)27-22/h6-8,10-17,28H,2-5,9,18H2,1H3. The zero-order chi connectivity index (χ0) is 20.1. The first-order valence-corrected chi connectivity index (χ1v) is 10.5. The highest BCUT2D eigenvalue weighted by Gasteiger charge is 2.08. The summed E-state index contributed by atoms with van der Waals surface area (Å²) in [7, 11) is 0. The van der Waals surface area contributed by atoms with Crippen molar-refractivity contribution in [1.82, 2.24) is 4.98 Å². The number of hydrogen-bond acceptors (Lipinski definition) is 3. The minimum Gasteiger partial charge on any atom is -0.507 e. The van der Waals surface area contributed by atoms with E-state index in [0.717, 1.165) is 51.5 Å². The topological polar surface area (TPSA) is 42.4 Å². The van der Waals surface area contributed by atoms with Crippen LogP contribution in [0.2, 0.25) is 0 Å². The minimum atomic E-state index is 0.383. The third kappa shape index (κ3) is 4.51. The Kier molecular flexibility index (Phi) is 5.95. The van der Waals surface area contributed by atoms with E-state index in [-0.39, 0.29) is 0 Å². The van der Waals surface area contributed by atoms with Gasteiger partial charge in [0.2, 0.25) is 0 Å². The van der Waals surface area contributed by atoms with Crippen molar-refractivity contribution in [2.45, 2.75) is 45.6 Å².